The lowest BCUT2D eigenvalue weighted by Crippen LogP contribution is -2.37. The van der Waals surface area contributed by atoms with E-state index in [1.807, 2.05) is 12.1 Å². The molecule has 0 aromatic heterocycles. The lowest BCUT2D eigenvalue weighted by Gasteiger charge is -2.15. The van der Waals surface area contributed by atoms with Crippen molar-refractivity contribution in [3.8, 4) is 5.75 Å². The second kappa shape index (κ2) is 5.40. The standard InChI is InChI=1S/C14H19NO3/c1-9(16)11-4-3-5-13(8-11)18-10(2)14(17)15-12-6-7-12/h3-5,8-10,12,16H,6-7H2,1-2H3,(H,15,17)/t9-,10?/m0/s1. The third kappa shape index (κ3) is 3.47. The lowest BCUT2D eigenvalue weighted by atomic mass is 10.1. The van der Waals surface area contributed by atoms with E-state index < -0.39 is 12.2 Å². The molecule has 4 heteroatoms. The Morgan fingerprint density at radius 3 is 2.78 bits per heavy atom. The van der Waals surface area contributed by atoms with Gasteiger partial charge >= 0.3 is 0 Å². The molecule has 0 radical (unpaired) electrons. The SMILES string of the molecule is CC(Oc1cccc([C@H](C)O)c1)C(=O)NC1CC1. The number of rotatable bonds is 5. The third-order valence-corrected chi connectivity index (χ3v) is 2.95. The van der Waals surface area contributed by atoms with Gasteiger partial charge in [-0.05, 0) is 44.4 Å². The molecule has 0 bridgehead atoms. The molecule has 4 nitrogen and oxygen atoms in total. The van der Waals surface area contributed by atoms with Gasteiger partial charge in [0.1, 0.15) is 5.75 Å². The fraction of sp³-hybridized carbons (Fsp3) is 0.500. The zero-order valence-corrected chi connectivity index (χ0v) is 10.7. The molecule has 1 aromatic carbocycles. The summed E-state index contributed by atoms with van der Waals surface area (Å²) >= 11 is 0. The van der Waals surface area contributed by atoms with Crippen LogP contribution in [0.3, 0.4) is 0 Å². The highest BCUT2D eigenvalue weighted by molar-refractivity contribution is 5.81. The van der Waals surface area contributed by atoms with Crippen LogP contribution in [0.25, 0.3) is 0 Å². The van der Waals surface area contributed by atoms with Crippen LogP contribution >= 0.6 is 0 Å². The minimum Gasteiger partial charge on any atom is -0.481 e. The Balaban J connectivity index is 1.94. The Morgan fingerprint density at radius 1 is 1.44 bits per heavy atom. The largest absolute Gasteiger partial charge is 0.481 e. The number of benzene rings is 1. The number of aliphatic hydroxyl groups is 1. The second-order valence-corrected chi connectivity index (χ2v) is 4.79. The van der Waals surface area contributed by atoms with E-state index in [9.17, 15) is 9.90 Å². The quantitative estimate of drug-likeness (QED) is 0.836. The lowest BCUT2D eigenvalue weighted by molar-refractivity contribution is -0.127. The normalized spacial score (nSPS) is 17.9. The highest BCUT2D eigenvalue weighted by Crippen LogP contribution is 2.21. The van der Waals surface area contributed by atoms with Crippen molar-refractivity contribution in [3.05, 3.63) is 29.8 Å². The van der Waals surface area contributed by atoms with Crippen LogP contribution in [0.2, 0.25) is 0 Å². The Bertz CT molecular complexity index is 427. The maximum Gasteiger partial charge on any atom is 0.260 e. The molecule has 2 atom stereocenters. The summed E-state index contributed by atoms with van der Waals surface area (Å²) in [5.74, 6) is 0.520. The minimum absolute atomic E-state index is 0.0834. The number of carbonyl (C=O) groups excluding carboxylic acids is 1. The van der Waals surface area contributed by atoms with Crippen molar-refractivity contribution in [1.82, 2.24) is 5.32 Å². The van der Waals surface area contributed by atoms with E-state index in [0.717, 1.165) is 18.4 Å². The van der Waals surface area contributed by atoms with Crippen LogP contribution in [0, 0.1) is 0 Å². The number of carbonyl (C=O) groups is 1. The van der Waals surface area contributed by atoms with Crippen molar-refractivity contribution >= 4 is 5.91 Å². The minimum atomic E-state index is -0.538. The van der Waals surface area contributed by atoms with Gasteiger partial charge in [-0.1, -0.05) is 12.1 Å². The smallest absolute Gasteiger partial charge is 0.260 e. The molecule has 1 saturated carbocycles. The van der Waals surface area contributed by atoms with Crippen molar-refractivity contribution in [2.24, 2.45) is 0 Å². The van der Waals surface area contributed by atoms with Crippen LogP contribution in [0.4, 0.5) is 0 Å². The Morgan fingerprint density at radius 2 is 2.17 bits per heavy atom. The van der Waals surface area contributed by atoms with Gasteiger partial charge in [-0.25, -0.2) is 0 Å². The molecule has 1 fully saturated rings. The topological polar surface area (TPSA) is 58.6 Å². The molecule has 1 aromatic rings. The summed E-state index contributed by atoms with van der Waals surface area (Å²) in [4.78, 5) is 11.7. The van der Waals surface area contributed by atoms with Crippen molar-refractivity contribution in [2.75, 3.05) is 0 Å². The summed E-state index contributed by atoms with van der Waals surface area (Å²) in [6, 6.07) is 7.51. The fourth-order valence-corrected chi connectivity index (χ4v) is 1.65. The average molecular weight is 249 g/mol. The van der Waals surface area contributed by atoms with Gasteiger partial charge < -0.3 is 15.2 Å². The molecule has 98 valence electrons. The summed E-state index contributed by atoms with van der Waals surface area (Å²) in [5.41, 5.74) is 0.780. The number of ether oxygens (including phenoxy) is 1. The van der Waals surface area contributed by atoms with Crippen LogP contribution in [0.15, 0.2) is 24.3 Å². The summed E-state index contributed by atoms with van der Waals surface area (Å²) in [6.45, 7) is 3.43. The molecule has 1 aliphatic rings. The molecule has 18 heavy (non-hydrogen) atoms. The zero-order valence-electron chi connectivity index (χ0n) is 10.7. The number of amides is 1. The molecular weight excluding hydrogens is 230 g/mol. The third-order valence-electron chi connectivity index (χ3n) is 2.95. The Kier molecular flexibility index (Phi) is 3.87. The molecule has 0 spiro atoms. The number of aliphatic hydroxyl groups excluding tert-OH is 1. The first kappa shape index (κ1) is 12.9. The summed E-state index contributed by atoms with van der Waals surface area (Å²) < 4.78 is 5.57. The molecule has 0 heterocycles. The fourth-order valence-electron chi connectivity index (χ4n) is 1.65. The van der Waals surface area contributed by atoms with Gasteiger partial charge in [0.2, 0.25) is 0 Å². The average Bonchev–Trinajstić information content (AvgIpc) is 3.13. The molecule has 2 N–H and O–H groups in total. The summed E-state index contributed by atoms with van der Waals surface area (Å²) in [6.07, 6.45) is 1.07. The van der Waals surface area contributed by atoms with Gasteiger partial charge in [0, 0.05) is 6.04 Å². The van der Waals surface area contributed by atoms with E-state index >= 15 is 0 Å². The van der Waals surface area contributed by atoms with E-state index in [1.54, 1.807) is 26.0 Å². The van der Waals surface area contributed by atoms with E-state index in [0.29, 0.717) is 11.8 Å². The predicted octanol–water partition coefficient (Wildman–Crippen LogP) is 1.79. The predicted molar refractivity (Wildman–Crippen MR) is 68.3 cm³/mol. The Labute approximate surface area is 107 Å². The van der Waals surface area contributed by atoms with Gasteiger partial charge in [-0.3, -0.25) is 4.79 Å². The van der Waals surface area contributed by atoms with Gasteiger partial charge in [0.15, 0.2) is 6.10 Å². The molecular formula is C14H19NO3. The highest BCUT2D eigenvalue weighted by Gasteiger charge is 2.26. The number of hydrogen-bond donors (Lipinski definition) is 2. The van der Waals surface area contributed by atoms with Gasteiger partial charge in [-0.15, -0.1) is 0 Å². The molecule has 0 saturated heterocycles. The van der Waals surface area contributed by atoms with Gasteiger partial charge in [0.05, 0.1) is 6.10 Å². The van der Waals surface area contributed by atoms with Gasteiger partial charge in [-0.2, -0.15) is 0 Å². The molecule has 2 rings (SSSR count). The maximum atomic E-state index is 11.7. The van der Waals surface area contributed by atoms with E-state index in [2.05, 4.69) is 5.32 Å². The van der Waals surface area contributed by atoms with E-state index in [1.165, 1.54) is 0 Å². The van der Waals surface area contributed by atoms with Crippen molar-refractivity contribution < 1.29 is 14.6 Å². The van der Waals surface area contributed by atoms with Crippen LogP contribution in [0.1, 0.15) is 38.4 Å². The van der Waals surface area contributed by atoms with Crippen LogP contribution in [-0.4, -0.2) is 23.2 Å². The van der Waals surface area contributed by atoms with E-state index in [4.69, 9.17) is 4.74 Å². The molecule has 1 amide bonds. The summed E-state index contributed by atoms with van der Waals surface area (Å²) in [5, 5.41) is 12.4. The highest BCUT2D eigenvalue weighted by atomic mass is 16.5. The van der Waals surface area contributed by atoms with Crippen LogP contribution < -0.4 is 10.1 Å². The molecule has 0 aliphatic heterocycles. The van der Waals surface area contributed by atoms with Crippen molar-refractivity contribution in [3.63, 3.8) is 0 Å². The molecule has 1 aliphatic carbocycles. The Hall–Kier alpha value is -1.55. The van der Waals surface area contributed by atoms with Gasteiger partial charge in [0.25, 0.3) is 5.91 Å². The first-order valence-corrected chi connectivity index (χ1v) is 6.31. The zero-order chi connectivity index (χ0) is 13.1. The maximum absolute atomic E-state index is 11.7. The monoisotopic (exact) mass is 249 g/mol. The molecule has 1 unspecified atom stereocenters. The van der Waals surface area contributed by atoms with E-state index in [-0.39, 0.29) is 5.91 Å². The van der Waals surface area contributed by atoms with Crippen molar-refractivity contribution in [2.45, 2.75) is 44.9 Å². The van der Waals surface area contributed by atoms with Crippen LogP contribution in [0.5, 0.6) is 5.75 Å². The van der Waals surface area contributed by atoms with Crippen molar-refractivity contribution in [1.29, 1.82) is 0 Å². The first-order chi connectivity index (χ1) is 8.56. The first-order valence-electron chi connectivity index (χ1n) is 6.31. The summed E-state index contributed by atoms with van der Waals surface area (Å²) in [7, 11) is 0. The number of hydrogen-bond acceptors (Lipinski definition) is 3. The second-order valence-electron chi connectivity index (χ2n) is 4.79. The van der Waals surface area contributed by atoms with Crippen LogP contribution in [-0.2, 0) is 4.79 Å². The number of nitrogens with one attached hydrogen (secondary N) is 1.